The zero-order valence-corrected chi connectivity index (χ0v) is 26.7. The predicted octanol–water partition coefficient (Wildman–Crippen LogP) is 9.48. The maximum Gasteiger partial charge on any atom is 0.141 e. The first kappa shape index (κ1) is 31.5. The van der Waals surface area contributed by atoms with E-state index in [2.05, 4.69) is 102 Å². The van der Waals surface area contributed by atoms with Crippen LogP contribution in [-0.4, -0.2) is 9.97 Å². The number of nitriles is 1. The van der Waals surface area contributed by atoms with Crippen LogP contribution in [0.15, 0.2) is 158 Å². The third kappa shape index (κ3) is 6.55. The summed E-state index contributed by atoms with van der Waals surface area (Å²) in [5, 5.41) is 11.5. The van der Waals surface area contributed by atoms with Crippen molar-refractivity contribution in [3.05, 3.63) is 181 Å². The highest BCUT2D eigenvalue weighted by Gasteiger charge is 2.23. The molecule has 0 aliphatic heterocycles. The molecule has 5 nitrogen and oxygen atoms in total. The van der Waals surface area contributed by atoms with E-state index >= 15 is 0 Å². The van der Waals surface area contributed by atoms with Crippen LogP contribution >= 0.6 is 0 Å². The van der Waals surface area contributed by atoms with Crippen LogP contribution in [0.4, 0.5) is 0 Å². The molecule has 2 heterocycles. The molecule has 0 unspecified atom stereocenters. The molecule has 0 bridgehead atoms. The summed E-state index contributed by atoms with van der Waals surface area (Å²) in [6.45, 7) is 1.99. The Bertz CT molecular complexity index is 2240. The van der Waals surface area contributed by atoms with E-state index in [0.29, 0.717) is 17.8 Å². The molecule has 0 saturated carbocycles. The van der Waals surface area contributed by atoms with Crippen molar-refractivity contribution < 1.29 is 0 Å². The van der Waals surface area contributed by atoms with Crippen molar-refractivity contribution >= 4 is 22.0 Å². The summed E-state index contributed by atoms with van der Waals surface area (Å²) in [4.78, 5) is 9.29. The van der Waals surface area contributed by atoms with Crippen LogP contribution in [0.2, 0.25) is 0 Å². The number of nitrogens with zero attached hydrogens (tertiary/aromatic N) is 3. The molecule has 5 heteroatoms. The third-order valence-corrected chi connectivity index (χ3v) is 8.28. The summed E-state index contributed by atoms with van der Waals surface area (Å²) in [5.74, 6) is 0. The summed E-state index contributed by atoms with van der Waals surface area (Å²) >= 11 is 0. The number of aromatic nitrogens is 2. The Kier molecular flexibility index (Phi) is 9.65. The van der Waals surface area contributed by atoms with Crippen LogP contribution in [-0.2, 0) is 6.42 Å². The number of pyridine rings is 2. The maximum absolute atomic E-state index is 9.26. The zero-order valence-electron chi connectivity index (χ0n) is 26.7. The van der Waals surface area contributed by atoms with E-state index in [1.165, 1.54) is 5.56 Å². The second-order valence-corrected chi connectivity index (χ2v) is 11.2. The molecule has 0 spiro atoms. The van der Waals surface area contributed by atoms with Gasteiger partial charge >= 0.3 is 0 Å². The first-order chi connectivity index (χ1) is 23.6. The lowest BCUT2D eigenvalue weighted by atomic mass is 9.81. The predicted molar refractivity (Wildman–Crippen MR) is 199 cm³/mol. The Morgan fingerprint density at radius 2 is 1.48 bits per heavy atom. The Hall–Kier alpha value is -6.51. The highest BCUT2D eigenvalue weighted by Crippen LogP contribution is 2.47. The van der Waals surface area contributed by atoms with Gasteiger partial charge in [-0.2, -0.15) is 5.26 Å². The Labute approximate surface area is 281 Å². The molecular formula is C43H35N5. The van der Waals surface area contributed by atoms with Gasteiger partial charge in [0.05, 0.1) is 11.4 Å². The Morgan fingerprint density at radius 3 is 2.17 bits per heavy atom. The molecule has 0 saturated heterocycles. The number of hydrogen-bond donors (Lipinski definition) is 2. The van der Waals surface area contributed by atoms with Gasteiger partial charge in [-0.05, 0) is 100 Å². The number of benzene rings is 4. The van der Waals surface area contributed by atoms with Gasteiger partial charge in [0.15, 0.2) is 0 Å². The van der Waals surface area contributed by atoms with Crippen LogP contribution in [0, 0.1) is 11.3 Å². The molecule has 0 fully saturated rings. The Balaban J connectivity index is 1.61. The molecule has 232 valence electrons. The van der Waals surface area contributed by atoms with E-state index < -0.39 is 0 Å². The minimum absolute atomic E-state index is 0.332. The fourth-order valence-electron chi connectivity index (χ4n) is 6.10. The number of hydrogen-bond acceptors (Lipinski definition) is 5. The highest BCUT2D eigenvalue weighted by molar-refractivity contribution is 6.11. The highest BCUT2D eigenvalue weighted by atomic mass is 14.7. The molecule has 6 rings (SSSR count). The smallest absolute Gasteiger partial charge is 0.141 e. The number of rotatable bonds is 9. The average Bonchev–Trinajstić information content (AvgIpc) is 3.15. The minimum atomic E-state index is 0.332. The molecule has 0 atom stereocenters. The van der Waals surface area contributed by atoms with Gasteiger partial charge in [-0.1, -0.05) is 109 Å². The zero-order chi connectivity index (χ0) is 33.3. The summed E-state index contributed by atoms with van der Waals surface area (Å²) in [6, 6.07) is 41.5. The summed E-state index contributed by atoms with van der Waals surface area (Å²) in [6.07, 6.45) is 13.7. The number of allylic oxidation sites excluding steroid dienone is 6. The van der Waals surface area contributed by atoms with E-state index in [-0.39, 0.29) is 0 Å². The van der Waals surface area contributed by atoms with Crippen molar-refractivity contribution in [2.24, 2.45) is 11.5 Å². The van der Waals surface area contributed by atoms with Crippen molar-refractivity contribution in [1.82, 2.24) is 9.97 Å². The van der Waals surface area contributed by atoms with Gasteiger partial charge in [-0.3, -0.25) is 0 Å². The molecule has 6 aromatic rings. The van der Waals surface area contributed by atoms with E-state index in [9.17, 15) is 5.26 Å². The first-order valence-electron chi connectivity index (χ1n) is 15.8. The third-order valence-electron chi connectivity index (χ3n) is 8.28. The first-order valence-corrected chi connectivity index (χ1v) is 15.8. The van der Waals surface area contributed by atoms with Gasteiger partial charge in [0.2, 0.25) is 0 Å². The summed E-state index contributed by atoms with van der Waals surface area (Å²) in [7, 11) is 0. The Morgan fingerprint density at radius 1 is 0.792 bits per heavy atom. The largest absolute Gasteiger partial charge is 0.405 e. The van der Waals surface area contributed by atoms with Crippen LogP contribution in [0.1, 0.15) is 29.4 Å². The van der Waals surface area contributed by atoms with E-state index in [1.54, 1.807) is 24.5 Å². The maximum atomic E-state index is 9.26. The van der Waals surface area contributed by atoms with Gasteiger partial charge < -0.3 is 11.5 Å². The van der Waals surface area contributed by atoms with Crippen LogP contribution in [0.5, 0.6) is 0 Å². The number of nitrogens with two attached hydrogens (primary N) is 2. The standard InChI is InChI=1S/C43H35N5/c1-2-30(24-26-44)39-22-13-23-40(48-39)43-37-20-10-9-18-35(37)36(19-11-12-21-38(46)33-25-27-47-34(28-33)29-45)41(31-14-5-3-6-15-31)42(43)32-16-7-4-8-17-32/h2-18,20-28H,19,44,46H2,1H3/b12-11-,26-24-,30-2+,38-21-. The molecule has 0 aliphatic rings. The quantitative estimate of drug-likeness (QED) is 0.157. The minimum Gasteiger partial charge on any atom is -0.405 e. The lowest BCUT2D eigenvalue weighted by Crippen LogP contribution is -2.01. The van der Waals surface area contributed by atoms with Crippen LogP contribution in [0.25, 0.3) is 55.6 Å². The SMILES string of the molecule is C/C=C(\C=C/N)c1cccc(-c2c(-c3ccccc3)c(-c3ccccc3)c(C/C=C\C=C(/N)c3ccnc(C#N)c3)c3ccccc23)n1. The monoisotopic (exact) mass is 621 g/mol. The van der Waals surface area contributed by atoms with Gasteiger partial charge in [-0.25, -0.2) is 9.97 Å². The molecule has 4 aromatic carbocycles. The molecule has 2 aromatic heterocycles. The molecule has 4 N–H and O–H groups in total. The topological polar surface area (TPSA) is 102 Å². The van der Waals surface area contributed by atoms with E-state index in [4.69, 9.17) is 16.5 Å². The van der Waals surface area contributed by atoms with E-state index in [1.807, 2.05) is 49.4 Å². The average molecular weight is 622 g/mol. The fraction of sp³-hybridized carbons (Fsp3) is 0.0465. The molecule has 0 aliphatic carbocycles. The van der Waals surface area contributed by atoms with Crippen molar-refractivity contribution in [3.8, 4) is 39.6 Å². The van der Waals surface area contributed by atoms with Crippen LogP contribution < -0.4 is 11.5 Å². The molecule has 0 radical (unpaired) electrons. The fourth-order valence-corrected chi connectivity index (χ4v) is 6.10. The normalized spacial score (nSPS) is 12.2. The molecule has 48 heavy (non-hydrogen) atoms. The summed E-state index contributed by atoms with van der Waals surface area (Å²) in [5.41, 5.74) is 23.4. The second kappa shape index (κ2) is 14.7. The lowest BCUT2D eigenvalue weighted by Gasteiger charge is -2.23. The summed E-state index contributed by atoms with van der Waals surface area (Å²) < 4.78 is 0. The van der Waals surface area contributed by atoms with Gasteiger partial charge in [0.25, 0.3) is 0 Å². The lowest BCUT2D eigenvalue weighted by molar-refractivity contribution is 1.25. The van der Waals surface area contributed by atoms with Gasteiger partial charge in [0, 0.05) is 23.0 Å². The van der Waals surface area contributed by atoms with Crippen LogP contribution in [0.3, 0.4) is 0 Å². The van der Waals surface area contributed by atoms with Crippen molar-refractivity contribution in [3.63, 3.8) is 0 Å². The second-order valence-electron chi connectivity index (χ2n) is 11.2. The van der Waals surface area contributed by atoms with Crippen molar-refractivity contribution in [2.75, 3.05) is 0 Å². The van der Waals surface area contributed by atoms with Gasteiger partial charge in [0.1, 0.15) is 11.8 Å². The number of fused-ring (bicyclic) bond motifs is 1. The van der Waals surface area contributed by atoms with Crippen molar-refractivity contribution in [1.29, 1.82) is 5.26 Å². The van der Waals surface area contributed by atoms with E-state index in [0.717, 1.165) is 61.1 Å². The molecular weight excluding hydrogens is 587 g/mol. The van der Waals surface area contributed by atoms with Crippen molar-refractivity contribution in [2.45, 2.75) is 13.3 Å². The van der Waals surface area contributed by atoms with Gasteiger partial charge in [-0.15, -0.1) is 0 Å². The molecule has 0 amide bonds.